The van der Waals surface area contributed by atoms with Gasteiger partial charge in [-0.15, -0.1) is 0 Å². The van der Waals surface area contributed by atoms with Gasteiger partial charge in [0.25, 0.3) is 5.91 Å². The summed E-state index contributed by atoms with van der Waals surface area (Å²) in [5.41, 5.74) is 0.145. The van der Waals surface area contributed by atoms with Crippen LogP contribution in [-0.2, 0) is 19.4 Å². The molecule has 0 aromatic heterocycles. The normalized spacial score (nSPS) is 18.2. The second-order valence-corrected chi connectivity index (χ2v) is 8.11. The summed E-state index contributed by atoms with van der Waals surface area (Å²) >= 11 is 0. The van der Waals surface area contributed by atoms with E-state index in [0.29, 0.717) is 24.5 Å². The van der Waals surface area contributed by atoms with E-state index in [4.69, 9.17) is 14.2 Å². The van der Waals surface area contributed by atoms with Gasteiger partial charge in [-0.25, -0.2) is 13.2 Å². The van der Waals surface area contributed by atoms with Gasteiger partial charge in [-0.05, 0) is 31.5 Å². The second-order valence-electron chi connectivity index (χ2n) is 5.88. The molecule has 1 saturated heterocycles. The lowest BCUT2D eigenvalue weighted by Crippen LogP contribution is -2.43. The van der Waals surface area contributed by atoms with Gasteiger partial charge in [0.2, 0.25) is 0 Å². The molecule has 2 rings (SSSR count). The summed E-state index contributed by atoms with van der Waals surface area (Å²) in [5, 5.41) is 0. The van der Waals surface area contributed by atoms with Crippen molar-refractivity contribution in [2.24, 2.45) is 0 Å². The highest BCUT2D eigenvalue weighted by molar-refractivity contribution is 7.91. The van der Waals surface area contributed by atoms with Crippen LogP contribution in [0.1, 0.15) is 23.7 Å². The number of ether oxygens (including phenoxy) is 3. The summed E-state index contributed by atoms with van der Waals surface area (Å²) in [6, 6.07) is 4.30. The highest BCUT2D eigenvalue weighted by Crippen LogP contribution is 2.25. The third-order valence-electron chi connectivity index (χ3n) is 4.26. The Balaban J connectivity index is 2.03. The Hall–Kier alpha value is -2.29. The van der Waals surface area contributed by atoms with Crippen molar-refractivity contribution in [1.82, 2.24) is 4.90 Å². The molecule has 0 N–H and O–H groups in total. The summed E-state index contributed by atoms with van der Waals surface area (Å²) in [6.45, 7) is 1.64. The van der Waals surface area contributed by atoms with Crippen LogP contribution in [0.2, 0.25) is 0 Å². The molecule has 1 amide bonds. The summed E-state index contributed by atoms with van der Waals surface area (Å²) in [6.07, 6.45) is 0.402. The van der Waals surface area contributed by atoms with E-state index in [1.165, 1.54) is 25.2 Å². The van der Waals surface area contributed by atoms with Crippen molar-refractivity contribution >= 4 is 21.7 Å². The monoisotopic (exact) mass is 385 g/mol. The van der Waals surface area contributed by atoms with Crippen molar-refractivity contribution < 1.29 is 32.2 Å². The fourth-order valence-corrected chi connectivity index (χ4v) is 4.65. The van der Waals surface area contributed by atoms with Crippen molar-refractivity contribution in [1.29, 1.82) is 0 Å². The van der Waals surface area contributed by atoms with E-state index in [-0.39, 0.29) is 23.1 Å². The Bertz CT molecular complexity index is 775. The highest BCUT2D eigenvalue weighted by atomic mass is 32.2. The van der Waals surface area contributed by atoms with Gasteiger partial charge in [-0.3, -0.25) is 4.79 Å². The van der Waals surface area contributed by atoms with Gasteiger partial charge in [-0.2, -0.15) is 0 Å². The van der Waals surface area contributed by atoms with Gasteiger partial charge in [0.1, 0.15) is 17.1 Å². The number of likely N-dealkylation sites (N-methyl/N-ethyl adjacent to an activating group) is 1. The van der Waals surface area contributed by atoms with Crippen LogP contribution in [0.15, 0.2) is 18.2 Å². The number of carbonyl (C=O) groups excluding carboxylic acids is 2. The third kappa shape index (κ3) is 4.66. The molecule has 9 heteroatoms. The Kier molecular flexibility index (Phi) is 6.47. The van der Waals surface area contributed by atoms with Gasteiger partial charge in [0.15, 0.2) is 16.4 Å². The number of amides is 1. The summed E-state index contributed by atoms with van der Waals surface area (Å²) < 4.78 is 38.5. The number of hydrogen-bond acceptors (Lipinski definition) is 7. The van der Waals surface area contributed by atoms with Crippen LogP contribution >= 0.6 is 0 Å². The molecule has 1 fully saturated rings. The van der Waals surface area contributed by atoms with Gasteiger partial charge < -0.3 is 19.1 Å². The van der Waals surface area contributed by atoms with Gasteiger partial charge in [0.05, 0.1) is 25.7 Å². The third-order valence-corrected chi connectivity index (χ3v) is 6.01. The number of nitrogens with zero attached hydrogens (tertiary/aromatic N) is 1. The molecule has 0 saturated carbocycles. The Morgan fingerprint density at radius 3 is 2.50 bits per heavy atom. The summed E-state index contributed by atoms with van der Waals surface area (Å²) in [5.74, 6) is -0.367. The molecule has 1 aliphatic heterocycles. The lowest BCUT2D eigenvalue weighted by atomic mass is 10.2. The van der Waals surface area contributed by atoms with Gasteiger partial charge in [-0.1, -0.05) is 0 Å². The molecule has 0 unspecified atom stereocenters. The lowest BCUT2D eigenvalue weighted by molar-refractivity contribution is -0.136. The molecule has 1 aliphatic rings. The first-order valence-corrected chi connectivity index (χ1v) is 10.0. The fraction of sp³-hybridized carbons (Fsp3) is 0.529. The molecule has 0 aliphatic carbocycles. The number of sulfone groups is 1. The smallest absolute Gasteiger partial charge is 0.342 e. The first-order chi connectivity index (χ1) is 12.3. The van der Waals surface area contributed by atoms with Crippen molar-refractivity contribution in [3.05, 3.63) is 23.8 Å². The maximum Gasteiger partial charge on any atom is 0.342 e. The van der Waals surface area contributed by atoms with E-state index in [1.54, 1.807) is 19.1 Å². The van der Waals surface area contributed by atoms with Gasteiger partial charge in [0, 0.05) is 12.6 Å². The number of rotatable bonds is 7. The molecule has 1 aromatic carbocycles. The SMILES string of the molecule is CCN(C(=O)COC(=O)c1cc(OC)ccc1OC)[C@@H]1CCS(=O)(=O)C1. The molecule has 0 spiro atoms. The zero-order valence-electron chi connectivity index (χ0n) is 15.1. The second kappa shape index (κ2) is 8.39. The van der Waals surface area contributed by atoms with E-state index in [2.05, 4.69) is 0 Å². The molecule has 144 valence electrons. The predicted molar refractivity (Wildman–Crippen MR) is 94.3 cm³/mol. The van der Waals surface area contributed by atoms with Crippen LogP contribution in [0.3, 0.4) is 0 Å². The Labute approximate surface area is 152 Å². The molecular formula is C17H23NO7S. The zero-order chi connectivity index (χ0) is 19.3. The number of carbonyl (C=O) groups is 2. The summed E-state index contributed by atoms with van der Waals surface area (Å²) in [7, 11) is -0.220. The number of benzene rings is 1. The maximum absolute atomic E-state index is 12.4. The molecule has 26 heavy (non-hydrogen) atoms. The van der Waals surface area contributed by atoms with Crippen LogP contribution in [0.4, 0.5) is 0 Å². The molecule has 8 nitrogen and oxygen atoms in total. The molecule has 1 heterocycles. The maximum atomic E-state index is 12.4. The number of hydrogen-bond donors (Lipinski definition) is 0. The van der Waals surface area contributed by atoms with Crippen molar-refractivity contribution in [2.45, 2.75) is 19.4 Å². The number of esters is 1. The van der Waals surface area contributed by atoms with E-state index in [0.717, 1.165) is 0 Å². The Morgan fingerprint density at radius 1 is 1.23 bits per heavy atom. The molecule has 0 radical (unpaired) electrons. The van der Waals surface area contributed by atoms with E-state index in [1.807, 2.05) is 0 Å². The van der Waals surface area contributed by atoms with Crippen LogP contribution < -0.4 is 9.47 Å². The zero-order valence-corrected chi connectivity index (χ0v) is 15.9. The first kappa shape index (κ1) is 20.0. The van der Waals surface area contributed by atoms with E-state index >= 15 is 0 Å². The van der Waals surface area contributed by atoms with Crippen LogP contribution in [-0.4, -0.2) is 70.1 Å². The van der Waals surface area contributed by atoms with E-state index in [9.17, 15) is 18.0 Å². The highest BCUT2D eigenvalue weighted by Gasteiger charge is 2.34. The van der Waals surface area contributed by atoms with Crippen molar-refractivity contribution in [2.75, 3.05) is 38.9 Å². The van der Waals surface area contributed by atoms with Crippen LogP contribution in [0, 0.1) is 0 Å². The quantitative estimate of drug-likeness (QED) is 0.643. The molecular weight excluding hydrogens is 362 g/mol. The van der Waals surface area contributed by atoms with Crippen molar-refractivity contribution in [3.63, 3.8) is 0 Å². The van der Waals surface area contributed by atoms with Crippen LogP contribution in [0.25, 0.3) is 0 Å². The van der Waals surface area contributed by atoms with Crippen molar-refractivity contribution in [3.8, 4) is 11.5 Å². The minimum Gasteiger partial charge on any atom is -0.497 e. The van der Waals surface area contributed by atoms with E-state index < -0.39 is 28.3 Å². The topological polar surface area (TPSA) is 99.2 Å². The standard InChI is InChI=1S/C17H23NO7S/c1-4-18(12-7-8-26(21,22)11-12)16(19)10-25-17(20)14-9-13(23-2)5-6-15(14)24-3/h5-6,9,12H,4,7-8,10-11H2,1-3H3/t12-/m1/s1. The minimum absolute atomic E-state index is 0.0514. The predicted octanol–water partition coefficient (Wildman–Crippen LogP) is 0.896. The largest absolute Gasteiger partial charge is 0.497 e. The Morgan fingerprint density at radius 2 is 1.96 bits per heavy atom. The minimum atomic E-state index is -3.11. The summed E-state index contributed by atoms with van der Waals surface area (Å²) in [4.78, 5) is 26.1. The lowest BCUT2D eigenvalue weighted by Gasteiger charge is -2.26. The first-order valence-electron chi connectivity index (χ1n) is 8.20. The molecule has 1 aromatic rings. The van der Waals surface area contributed by atoms with Gasteiger partial charge >= 0.3 is 5.97 Å². The fourth-order valence-electron chi connectivity index (χ4n) is 2.92. The number of methoxy groups -OCH3 is 2. The molecule has 1 atom stereocenters. The average molecular weight is 385 g/mol. The van der Waals surface area contributed by atoms with Crippen LogP contribution in [0.5, 0.6) is 11.5 Å². The average Bonchev–Trinajstić information content (AvgIpc) is 2.99. The molecule has 0 bridgehead atoms.